The predicted molar refractivity (Wildman–Crippen MR) is 98.7 cm³/mol. The highest BCUT2D eigenvalue weighted by Crippen LogP contribution is 2.36. The van der Waals surface area contributed by atoms with Gasteiger partial charge in [-0.25, -0.2) is 4.98 Å². The van der Waals surface area contributed by atoms with Crippen molar-refractivity contribution in [3.63, 3.8) is 0 Å². The Morgan fingerprint density at radius 3 is 2.69 bits per heavy atom. The number of nitriles is 1. The first-order chi connectivity index (χ1) is 12.7. The molecule has 1 atom stereocenters. The highest BCUT2D eigenvalue weighted by Gasteiger charge is 2.30. The summed E-state index contributed by atoms with van der Waals surface area (Å²) in [7, 11) is 0. The molecule has 134 valence electrons. The van der Waals surface area contributed by atoms with E-state index in [4.69, 9.17) is 5.26 Å². The van der Waals surface area contributed by atoms with Crippen molar-refractivity contribution in [3.05, 3.63) is 53.1 Å². The second kappa shape index (κ2) is 6.95. The molecule has 4 rings (SSSR count). The van der Waals surface area contributed by atoms with E-state index < -0.39 is 0 Å². The first-order valence-electron chi connectivity index (χ1n) is 9.47. The summed E-state index contributed by atoms with van der Waals surface area (Å²) < 4.78 is 2.38. The van der Waals surface area contributed by atoms with Gasteiger partial charge in [0.15, 0.2) is 0 Å². The number of nitrogens with zero attached hydrogens (tertiary/aromatic N) is 4. The van der Waals surface area contributed by atoms with E-state index in [1.165, 1.54) is 30.8 Å². The lowest BCUT2D eigenvalue weighted by molar-refractivity contribution is 0.0786. The topological polar surface area (TPSA) is 61.9 Å². The van der Waals surface area contributed by atoms with Gasteiger partial charge in [-0.2, -0.15) is 5.26 Å². The summed E-state index contributed by atoms with van der Waals surface area (Å²) in [6.45, 7) is 4.68. The minimum atomic E-state index is 0.0681. The summed E-state index contributed by atoms with van der Waals surface area (Å²) >= 11 is 0. The smallest absolute Gasteiger partial charge is 0.253 e. The SMILES string of the molecule is Cc1cnc(C2CCC2)n1CC1CCN(C(=O)c2ccc(C#N)cc2)C1. The van der Waals surface area contributed by atoms with Crippen LogP contribution in [0.3, 0.4) is 0 Å². The van der Waals surface area contributed by atoms with Crippen molar-refractivity contribution in [1.82, 2.24) is 14.5 Å². The summed E-state index contributed by atoms with van der Waals surface area (Å²) in [5.41, 5.74) is 2.47. The molecule has 26 heavy (non-hydrogen) atoms. The average molecular weight is 348 g/mol. The molecule has 2 aliphatic rings. The maximum Gasteiger partial charge on any atom is 0.253 e. The monoisotopic (exact) mass is 348 g/mol. The van der Waals surface area contributed by atoms with Gasteiger partial charge in [0.05, 0.1) is 11.6 Å². The standard InChI is InChI=1S/C21H24N4O/c1-15-12-23-20(18-3-2-4-18)25(15)14-17-9-10-24(13-17)21(26)19-7-5-16(11-22)6-8-19/h5-8,12,17-18H,2-4,9-10,13-14H2,1H3. The number of imidazole rings is 1. The molecule has 1 aliphatic heterocycles. The number of aryl methyl sites for hydroxylation is 1. The lowest BCUT2D eigenvalue weighted by Crippen LogP contribution is -2.29. The molecule has 0 N–H and O–H groups in total. The number of rotatable bonds is 4. The van der Waals surface area contributed by atoms with Gasteiger partial charge in [-0.05, 0) is 56.4 Å². The van der Waals surface area contributed by atoms with Crippen molar-refractivity contribution in [2.24, 2.45) is 5.92 Å². The number of hydrogen-bond acceptors (Lipinski definition) is 3. The van der Waals surface area contributed by atoms with Gasteiger partial charge in [-0.3, -0.25) is 4.79 Å². The molecular weight excluding hydrogens is 324 g/mol. The summed E-state index contributed by atoms with van der Waals surface area (Å²) in [5, 5.41) is 8.89. The minimum Gasteiger partial charge on any atom is -0.338 e. The molecule has 2 fully saturated rings. The molecule has 2 aromatic rings. The van der Waals surface area contributed by atoms with Crippen LogP contribution in [0.1, 0.15) is 59.0 Å². The zero-order valence-corrected chi connectivity index (χ0v) is 15.2. The van der Waals surface area contributed by atoms with Gasteiger partial charge in [-0.15, -0.1) is 0 Å². The molecular formula is C21H24N4O. The molecule has 1 saturated heterocycles. The van der Waals surface area contributed by atoms with Crippen molar-refractivity contribution in [2.45, 2.75) is 45.1 Å². The highest BCUT2D eigenvalue weighted by molar-refractivity contribution is 5.94. The maximum atomic E-state index is 12.7. The number of amides is 1. The average Bonchev–Trinajstić information content (AvgIpc) is 3.22. The molecule has 1 aromatic carbocycles. The molecule has 1 unspecified atom stereocenters. The van der Waals surface area contributed by atoms with E-state index >= 15 is 0 Å². The predicted octanol–water partition coefficient (Wildman–Crippen LogP) is 3.49. The molecule has 1 aliphatic carbocycles. The van der Waals surface area contributed by atoms with Crippen LogP contribution in [0.25, 0.3) is 0 Å². The van der Waals surface area contributed by atoms with E-state index in [0.717, 1.165) is 26.1 Å². The van der Waals surface area contributed by atoms with Gasteiger partial charge < -0.3 is 9.47 Å². The van der Waals surface area contributed by atoms with Gasteiger partial charge in [0.2, 0.25) is 0 Å². The van der Waals surface area contributed by atoms with Crippen LogP contribution in [0, 0.1) is 24.2 Å². The molecule has 0 bridgehead atoms. The number of likely N-dealkylation sites (tertiary alicyclic amines) is 1. The summed E-state index contributed by atoms with van der Waals surface area (Å²) in [4.78, 5) is 19.3. The third kappa shape index (κ3) is 3.12. The van der Waals surface area contributed by atoms with Gasteiger partial charge in [0.1, 0.15) is 5.82 Å². The number of carbonyl (C=O) groups excluding carboxylic acids is 1. The van der Waals surface area contributed by atoms with Gasteiger partial charge >= 0.3 is 0 Å². The van der Waals surface area contributed by atoms with Gasteiger partial charge in [-0.1, -0.05) is 6.42 Å². The van der Waals surface area contributed by atoms with Crippen molar-refractivity contribution in [3.8, 4) is 6.07 Å². The number of benzene rings is 1. The Balaban J connectivity index is 1.41. The third-order valence-electron chi connectivity index (χ3n) is 5.83. The molecule has 1 amide bonds. The molecule has 5 heteroatoms. The van der Waals surface area contributed by atoms with E-state index in [2.05, 4.69) is 22.5 Å². The molecule has 5 nitrogen and oxygen atoms in total. The lowest BCUT2D eigenvalue weighted by atomic mass is 9.84. The van der Waals surface area contributed by atoms with Crippen LogP contribution in [-0.4, -0.2) is 33.4 Å². The second-order valence-electron chi connectivity index (χ2n) is 7.59. The van der Waals surface area contributed by atoms with E-state index in [9.17, 15) is 4.79 Å². The Morgan fingerprint density at radius 2 is 2.04 bits per heavy atom. The van der Waals surface area contributed by atoms with Gasteiger partial charge in [0, 0.05) is 43.0 Å². The second-order valence-corrected chi connectivity index (χ2v) is 7.59. The summed E-state index contributed by atoms with van der Waals surface area (Å²) in [5.74, 6) is 2.41. The first-order valence-corrected chi connectivity index (χ1v) is 9.47. The fourth-order valence-corrected chi connectivity index (χ4v) is 4.00. The number of hydrogen-bond donors (Lipinski definition) is 0. The Morgan fingerprint density at radius 1 is 1.27 bits per heavy atom. The van der Waals surface area contributed by atoms with Crippen LogP contribution >= 0.6 is 0 Å². The first kappa shape index (κ1) is 16.8. The number of aromatic nitrogens is 2. The van der Waals surface area contributed by atoms with Gasteiger partial charge in [0.25, 0.3) is 5.91 Å². The Kier molecular flexibility index (Phi) is 4.50. The summed E-state index contributed by atoms with van der Waals surface area (Å²) in [6, 6.07) is 9.01. The van der Waals surface area contributed by atoms with E-state index in [1.807, 2.05) is 11.1 Å². The van der Waals surface area contributed by atoms with Crippen LogP contribution in [0.2, 0.25) is 0 Å². The normalized spacial score (nSPS) is 20.0. The van der Waals surface area contributed by atoms with E-state index in [0.29, 0.717) is 23.0 Å². The minimum absolute atomic E-state index is 0.0681. The number of carbonyl (C=O) groups is 1. The molecule has 2 heterocycles. The Labute approximate surface area is 154 Å². The maximum absolute atomic E-state index is 12.7. The van der Waals surface area contributed by atoms with Crippen LogP contribution in [0.4, 0.5) is 0 Å². The molecule has 1 saturated carbocycles. The zero-order chi connectivity index (χ0) is 18.1. The van der Waals surface area contributed by atoms with E-state index in [-0.39, 0.29) is 5.91 Å². The summed E-state index contributed by atoms with van der Waals surface area (Å²) in [6.07, 6.45) is 6.84. The van der Waals surface area contributed by atoms with Crippen LogP contribution in [-0.2, 0) is 6.54 Å². The highest BCUT2D eigenvalue weighted by atomic mass is 16.2. The van der Waals surface area contributed by atoms with Crippen LogP contribution in [0.15, 0.2) is 30.5 Å². The zero-order valence-electron chi connectivity index (χ0n) is 15.2. The van der Waals surface area contributed by atoms with Crippen LogP contribution < -0.4 is 0 Å². The fraction of sp³-hybridized carbons (Fsp3) is 0.476. The van der Waals surface area contributed by atoms with Crippen molar-refractivity contribution in [2.75, 3.05) is 13.1 Å². The molecule has 0 spiro atoms. The fourth-order valence-electron chi connectivity index (χ4n) is 4.00. The quantitative estimate of drug-likeness (QED) is 0.850. The van der Waals surface area contributed by atoms with Crippen molar-refractivity contribution < 1.29 is 4.79 Å². The molecule has 0 radical (unpaired) electrons. The largest absolute Gasteiger partial charge is 0.338 e. The van der Waals surface area contributed by atoms with Crippen molar-refractivity contribution >= 4 is 5.91 Å². The lowest BCUT2D eigenvalue weighted by Gasteiger charge is -2.27. The Hall–Kier alpha value is -2.61. The third-order valence-corrected chi connectivity index (χ3v) is 5.83. The van der Waals surface area contributed by atoms with E-state index in [1.54, 1.807) is 24.3 Å². The Bertz CT molecular complexity index is 842. The molecule has 1 aromatic heterocycles. The van der Waals surface area contributed by atoms with Crippen LogP contribution in [0.5, 0.6) is 0 Å². The van der Waals surface area contributed by atoms with Crippen molar-refractivity contribution in [1.29, 1.82) is 5.26 Å².